The molecule has 1 aliphatic rings. The SMILES string of the molecule is CN(CCCC1CC(c2ccc(F)cc2)NN1)C(=O)c1cc2ccccc2cc1O. The molecule has 1 amide bonds. The molecule has 5 nitrogen and oxygen atoms in total. The molecule has 30 heavy (non-hydrogen) atoms. The minimum atomic E-state index is -0.230. The maximum atomic E-state index is 13.1. The van der Waals surface area contributed by atoms with E-state index in [1.165, 1.54) is 12.1 Å². The lowest BCUT2D eigenvalue weighted by Gasteiger charge is -2.19. The Morgan fingerprint density at radius 3 is 2.53 bits per heavy atom. The number of hydrazine groups is 1. The standard InChI is InChI=1S/C24H26FN3O2/c1-28(24(30)21-13-17-5-2-3-6-18(17)14-23(21)29)12-4-7-20-15-22(27-26-20)16-8-10-19(25)11-9-16/h2-3,5-6,8-11,13-14,20,22,26-27,29H,4,7,12,15H2,1H3. The molecule has 3 aromatic rings. The van der Waals surface area contributed by atoms with E-state index in [2.05, 4.69) is 10.9 Å². The first-order chi connectivity index (χ1) is 14.5. The van der Waals surface area contributed by atoms with Crippen molar-refractivity contribution in [3.05, 3.63) is 77.6 Å². The van der Waals surface area contributed by atoms with Gasteiger partial charge < -0.3 is 10.0 Å². The summed E-state index contributed by atoms with van der Waals surface area (Å²) < 4.78 is 13.1. The molecule has 6 heteroatoms. The number of fused-ring (bicyclic) bond motifs is 1. The number of benzene rings is 3. The Hall–Kier alpha value is -2.96. The van der Waals surface area contributed by atoms with Gasteiger partial charge in [-0.25, -0.2) is 4.39 Å². The van der Waals surface area contributed by atoms with Crippen molar-refractivity contribution in [1.82, 2.24) is 15.8 Å². The number of aromatic hydroxyl groups is 1. The molecule has 3 N–H and O–H groups in total. The van der Waals surface area contributed by atoms with Crippen molar-refractivity contribution in [2.24, 2.45) is 0 Å². The van der Waals surface area contributed by atoms with Crippen LogP contribution in [0.2, 0.25) is 0 Å². The molecular weight excluding hydrogens is 381 g/mol. The summed E-state index contributed by atoms with van der Waals surface area (Å²) in [5, 5.41) is 12.1. The van der Waals surface area contributed by atoms with Crippen LogP contribution >= 0.6 is 0 Å². The summed E-state index contributed by atoms with van der Waals surface area (Å²) in [4.78, 5) is 14.5. The molecule has 0 spiro atoms. The van der Waals surface area contributed by atoms with Crippen LogP contribution in [0.4, 0.5) is 4.39 Å². The average Bonchev–Trinajstić information content (AvgIpc) is 3.22. The Balaban J connectivity index is 1.30. The van der Waals surface area contributed by atoms with Crippen LogP contribution in [-0.4, -0.2) is 35.5 Å². The lowest BCUT2D eigenvalue weighted by molar-refractivity contribution is 0.0789. The number of phenols is 1. The molecule has 0 aromatic heterocycles. The first-order valence-corrected chi connectivity index (χ1v) is 10.2. The van der Waals surface area contributed by atoms with Gasteiger partial charge in [0.2, 0.25) is 0 Å². The monoisotopic (exact) mass is 407 g/mol. The molecule has 0 radical (unpaired) electrons. The maximum absolute atomic E-state index is 13.1. The Kier molecular flexibility index (Phi) is 5.97. The lowest BCUT2D eigenvalue weighted by Crippen LogP contribution is -2.32. The van der Waals surface area contributed by atoms with Gasteiger partial charge in [-0.2, -0.15) is 0 Å². The van der Waals surface area contributed by atoms with Crippen LogP contribution in [0.25, 0.3) is 10.8 Å². The molecule has 156 valence electrons. The van der Waals surface area contributed by atoms with E-state index < -0.39 is 0 Å². The number of rotatable bonds is 6. The number of nitrogens with zero attached hydrogens (tertiary/aromatic N) is 1. The van der Waals surface area contributed by atoms with Crippen LogP contribution in [0.15, 0.2) is 60.7 Å². The van der Waals surface area contributed by atoms with E-state index in [0.717, 1.165) is 35.6 Å². The van der Waals surface area contributed by atoms with Gasteiger partial charge in [-0.15, -0.1) is 0 Å². The van der Waals surface area contributed by atoms with Gasteiger partial charge in [0.1, 0.15) is 11.6 Å². The average molecular weight is 407 g/mol. The van der Waals surface area contributed by atoms with Gasteiger partial charge in [-0.3, -0.25) is 15.6 Å². The first-order valence-electron chi connectivity index (χ1n) is 10.2. The minimum Gasteiger partial charge on any atom is -0.507 e. The van der Waals surface area contributed by atoms with E-state index in [0.29, 0.717) is 12.1 Å². The second-order valence-corrected chi connectivity index (χ2v) is 7.91. The van der Waals surface area contributed by atoms with E-state index in [1.807, 2.05) is 24.3 Å². The number of amides is 1. The van der Waals surface area contributed by atoms with E-state index in [9.17, 15) is 14.3 Å². The van der Waals surface area contributed by atoms with Gasteiger partial charge in [0.15, 0.2) is 0 Å². The number of halogens is 1. The van der Waals surface area contributed by atoms with Gasteiger partial charge in [0.25, 0.3) is 5.91 Å². The third-order valence-electron chi connectivity index (χ3n) is 5.74. The quantitative estimate of drug-likeness (QED) is 0.575. The van der Waals surface area contributed by atoms with Crippen LogP contribution in [0.5, 0.6) is 5.75 Å². The Morgan fingerprint density at radius 2 is 1.80 bits per heavy atom. The highest BCUT2D eigenvalue weighted by Gasteiger charge is 2.25. The van der Waals surface area contributed by atoms with Crippen molar-refractivity contribution in [3.63, 3.8) is 0 Å². The smallest absolute Gasteiger partial charge is 0.257 e. The largest absolute Gasteiger partial charge is 0.507 e. The summed E-state index contributed by atoms with van der Waals surface area (Å²) in [5.41, 5.74) is 7.95. The van der Waals surface area contributed by atoms with Gasteiger partial charge >= 0.3 is 0 Å². The van der Waals surface area contributed by atoms with Gasteiger partial charge in [-0.05, 0) is 59.9 Å². The number of hydrogen-bond acceptors (Lipinski definition) is 4. The topological polar surface area (TPSA) is 64.6 Å². The molecule has 2 atom stereocenters. The van der Waals surface area contributed by atoms with Crippen molar-refractivity contribution in [2.45, 2.75) is 31.3 Å². The second-order valence-electron chi connectivity index (χ2n) is 7.91. The van der Waals surface area contributed by atoms with Crippen LogP contribution in [-0.2, 0) is 0 Å². The predicted octanol–water partition coefficient (Wildman–Crippen LogP) is 4.14. The highest BCUT2D eigenvalue weighted by molar-refractivity contribution is 6.01. The third-order valence-corrected chi connectivity index (χ3v) is 5.74. The van der Waals surface area contributed by atoms with Crippen LogP contribution in [0.3, 0.4) is 0 Å². The molecule has 0 saturated carbocycles. The Morgan fingerprint density at radius 1 is 1.10 bits per heavy atom. The van der Waals surface area contributed by atoms with Crippen molar-refractivity contribution in [2.75, 3.05) is 13.6 Å². The zero-order valence-corrected chi connectivity index (χ0v) is 16.9. The van der Waals surface area contributed by atoms with Crippen molar-refractivity contribution < 1.29 is 14.3 Å². The molecule has 2 unspecified atom stereocenters. The van der Waals surface area contributed by atoms with Crippen LogP contribution in [0.1, 0.15) is 41.2 Å². The fourth-order valence-corrected chi connectivity index (χ4v) is 4.01. The highest BCUT2D eigenvalue weighted by Crippen LogP contribution is 2.27. The number of carbonyl (C=O) groups excluding carboxylic acids is 1. The van der Waals surface area contributed by atoms with Gasteiger partial charge in [0, 0.05) is 25.7 Å². The number of nitrogens with one attached hydrogen (secondary N) is 2. The van der Waals surface area contributed by atoms with Crippen LogP contribution < -0.4 is 10.9 Å². The fraction of sp³-hybridized carbons (Fsp3) is 0.292. The number of hydrogen-bond donors (Lipinski definition) is 3. The van der Waals surface area contributed by atoms with Crippen molar-refractivity contribution >= 4 is 16.7 Å². The molecule has 1 aliphatic heterocycles. The normalized spacial score (nSPS) is 18.6. The summed E-state index contributed by atoms with van der Waals surface area (Å²) in [6.07, 6.45) is 2.66. The number of carbonyl (C=O) groups is 1. The molecule has 4 rings (SSSR count). The molecule has 0 bridgehead atoms. The van der Waals surface area contributed by atoms with Crippen LogP contribution in [0, 0.1) is 5.82 Å². The van der Waals surface area contributed by atoms with E-state index in [4.69, 9.17) is 0 Å². The third kappa shape index (κ3) is 4.45. The summed E-state index contributed by atoms with van der Waals surface area (Å²) in [7, 11) is 1.76. The predicted molar refractivity (Wildman–Crippen MR) is 116 cm³/mol. The first kappa shape index (κ1) is 20.3. The molecular formula is C24H26FN3O2. The van der Waals surface area contributed by atoms with E-state index >= 15 is 0 Å². The summed E-state index contributed by atoms with van der Waals surface area (Å²) in [6, 6.07) is 18.1. The minimum absolute atomic E-state index is 0.00866. The van der Waals surface area contributed by atoms with E-state index in [1.54, 1.807) is 36.2 Å². The summed E-state index contributed by atoms with van der Waals surface area (Å²) in [5.74, 6) is -0.402. The molecule has 3 aromatic carbocycles. The highest BCUT2D eigenvalue weighted by atomic mass is 19.1. The van der Waals surface area contributed by atoms with Crippen molar-refractivity contribution in [1.29, 1.82) is 0 Å². The summed E-state index contributed by atoms with van der Waals surface area (Å²) in [6.45, 7) is 0.602. The molecule has 1 heterocycles. The van der Waals surface area contributed by atoms with Gasteiger partial charge in [0.05, 0.1) is 5.56 Å². The molecule has 1 saturated heterocycles. The second kappa shape index (κ2) is 8.81. The maximum Gasteiger partial charge on any atom is 0.257 e. The molecule has 0 aliphatic carbocycles. The molecule has 1 fully saturated rings. The van der Waals surface area contributed by atoms with Gasteiger partial charge in [-0.1, -0.05) is 36.4 Å². The zero-order chi connectivity index (χ0) is 21.1. The Labute approximate surface area is 175 Å². The fourth-order valence-electron chi connectivity index (χ4n) is 4.01. The lowest BCUT2D eigenvalue weighted by atomic mass is 9.99. The number of phenolic OH excluding ortho intramolecular Hbond substituents is 1. The Bertz CT molecular complexity index is 1040. The summed E-state index contributed by atoms with van der Waals surface area (Å²) >= 11 is 0. The van der Waals surface area contributed by atoms with Crippen molar-refractivity contribution in [3.8, 4) is 5.75 Å². The zero-order valence-electron chi connectivity index (χ0n) is 16.9. The van der Waals surface area contributed by atoms with E-state index in [-0.39, 0.29) is 29.6 Å².